The third-order valence-electron chi connectivity index (χ3n) is 2.12. The summed E-state index contributed by atoms with van der Waals surface area (Å²) in [6.07, 6.45) is 2.16. The van der Waals surface area contributed by atoms with Gasteiger partial charge in [0.2, 0.25) is 0 Å². The van der Waals surface area contributed by atoms with E-state index in [1.54, 1.807) is 0 Å². The molecular weight excluding hydrogens is 260 g/mol. The minimum atomic E-state index is -1.11. The summed E-state index contributed by atoms with van der Waals surface area (Å²) in [7, 11) is 1.21. The van der Waals surface area contributed by atoms with Gasteiger partial charge in [0.15, 0.2) is 0 Å². The van der Waals surface area contributed by atoms with E-state index in [1.807, 2.05) is 6.26 Å². The van der Waals surface area contributed by atoms with Gasteiger partial charge >= 0.3 is 18.0 Å². The Kier molecular flexibility index (Phi) is 7.93. The standard InChI is InChI=1S/C10H18N2O5S/c1-6(9(15)17-2)11-10(16)12-7(8(13)14)4-5-18-3/h6-7H,4-5H2,1-3H3,(H,13,14)(H2,11,12,16). The Balaban J connectivity index is 4.25. The Morgan fingerprint density at radius 1 is 1.33 bits per heavy atom. The van der Waals surface area contributed by atoms with E-state index in [2.05, 4.69) is 15.4 Å². The van der Waals surface area contributed by atoms with Gasteiger partial charge in [-0.3, -0.25) is 0 Å². The van der Waals surface area contributed by atoms with E-state index >= 15 is 0 Å². The van der Waals surface area contributed by atoms with E-state index in [1.165, 1.54) is 25.8 Å². The lowest BCUT2D eigenvalue weighted by molar-refractivity contribution is -0.142. The number of carboxylic acid groups (broad SMARTS) is 1. The fourth-order valence-electron chi connectivity index (χ4n) is 1.13. The van der Waals surface area contributed by atoms with Crippen molar-refractivity contribution in [1.82, 2.24) is 10.6 Å². The number of esters is 1. The number of hydrogen-bond acceptors (Lipinski definition) is 5. The Bertz CT molecular complexity index is 311. The quantitative estimate of drug-likeness (QED) is 0.568. The Labute approximate surface area is 110 Å². The van der Waals surface area contributed by atoms with E-state index in [4.69, 9.17) is 5.11 Å². The zero-order valence-electron chi connectivity index (χ0n) is 10.6. The summed E-state index contributed by atoms with van der Waals surface area (Å²) < 4.78 is 4.43. The number of aliphatic carboxylic acids is 1. The van der Waals surface area contributed by atoms with Crippen molar-refractivity contribution in [1.29, 1.82) is 0 Å². The average molecular weight is 278 g/mol. The van der Waals surface area contributed by atoms with Gasteiger partial charge in [-0.25, -0.2) is 14.4 Å². The van der Waals surface area contributed by atoms with Gasteiger partial charge in [-0.15, -0.1) is 0 Å². The molecule has 0 spiro atoms. The molecule has 104 valence electrons. The third kappa shape index (κ3) is 6.33. The van der Waals surface area contributed by atoms with Gasteiger partial charge in [-0.05, 0) is 25.4 Å². The summed E-state index contributed by atoms with van der Waals surface area (Å²) in [4.78, 5) is 33.4. The second-order valence-corrected chi connectivity index (χ2v) is 4.52. The van der Waals surface area contributed by atoms with Gasteiger partial charge in [0.25, 0.3) is 0 Å². The van der Waals surface area contributed by atoms with Crippen LogP contribution in [0.2, 0.25) is 0 Å². The van der Waals surface area contributed by atoms with E-state index in [9.17, 15) is 14.4 Å². The molecule has 3 N–H and O–H groups in total. The topological polar surface area (TPSA) is 105 Å². The van der Waals surface area contributed by atoms with Crippen LogP contribution in [0.3, 0.4) is 0 Å². The molecule has 0 saturated carbocycles. The lowest BCUT2D eigenvalue weighted by Crippen LogP contribution is -2.50. The van der Waals surface area contributed by atoms with Gasteiger partial charge in [-0.1, -0.05) is 0 Å². The highest BCUT2D eigenvalue weighted by Crippen LogP contribution is 2.01. The molecule has 2 unspecified atom stereocenters. The first-order chi connectivity index (χ1) is 8.42. The van der Waals surface area contributed by atoms with Gasteiger partial charge < -0.3 is 20.5 Å². The fourth-order valence-corrected chi connectivity index (χ4v) is 1.60. The molecule has 0 aliphatic heterocycles. The molecule has 8 heteroatoms. The molecule has 0 rings (SSSR count). The Hall–Kier alpha value is -1.44. The monoisotopic (exact) mass is 278 g/mol. The number of carbonyl (C=O) groups is 3. The molecule has 0 radical (unpaired) electrons. The highest BCUT2D eigenvalue weighted by molar-refractivity contribution is 7.98. The molecule has 0 aliphatic carbocycles. The van der Waals surface area contributed by atoms with E-state index in [0.29, 0.717) is 12.2 Å². The van der Waals surface area contributed by atoms with Crippen molar-refractivity contribution in [3.63, 3.8) is 0 Å². The molecule has 0 heterocycles. The van der Waals surface area contributed by atoms with Crippen LogP contribution >= 0.6 is 11.8 Å². The number of nitrogens with one attached hydrogen (secondary N) is 2. The zero-order valence-corrected chi connectivity index (χ0v) is 11.4. The molecule has 0 aromatic carbocycles. The zero-order chi connectivity index (χ0) is 14.1. The Morgan fingerprint density at radius 2 is 1.94 bits per heavy atom. The molecule has 0 saturated heterocycles. The number of thioether (sulfide) groups is 1. The van der Waals surface area contributed by atoms with Crippen molar-refractivity contribution in [2.24, 2.45) is 0 Å². The second kappa shape index (κ2) is 8.62. The summed E-state index contributed by atoms with van der Waals surface area (Å²) in [6, 6.07) is -2.51. The van der Waals surface area contributed by atoms with Crippen LogP contribution in [0.15, 0.2) is 0 Å². The normalized spacial score (nSPS) is 13.3. The minimum Gasteiger partial charge on any atom is -0.480 e. The maximum atomic E-state index is 11.5. The van der Waals surface area contributed by atoms with Crippen molar-refractivity contribution in [3.8, 4) is 0 Å². The number of carbonyl (C=O) groups excluding carboxylic acids is 2. The summed E-state index contributed by atoms with van der Waals surface area (Å²) in [5.41, 5.74) is 0. The molecular formula is C10H18N2O5S. The minimum absolute atomic E-state index is 0.316. The van der Waals surface area contributed by atoms with Gasteiger partial charge in [-0.2, -0.15) is 11.8 Å². The molecule has 0 aromatic rings. The molecule has 0 fully saturated rings. The number of rotatable bonds is 7. The number of carboxylic acids is 1. The smallest absolute Gasteiger partial charge is 0.328 e. The highest BCUT2D eigenvalue weighted by Gasteiger charge is 2.22. The number of urea groups is 1. The van der Waals surface area contributed by atoms with E-state index < -0.39 is 30.1 Å². The van der Waals surface area contributed by atoms with Crippen LogP contribution in [0.4, 0.5) is 4.79 Å². The summed E-state index contributed by atoms with van der Waals surface area (Å²) >= 11 is 1.49. The van der Waals surface area contributed by atoms with Crippen molar-refractivity contribution >= 4 is 29.7 Å². The van der Waals surface area contributed by atoms with Crippen molar-refractivity contribution < 1.29 is 24.2 Å². The molecule has 18 heavy (non-hydrogen) atoms. The van der Waals surface area contributed by atoms with Crippen LogP contribution in [0.5, 0.6) is 0 Å². The van der Waals surface area contributed by atoms with Crippen molar-refractivity contribution in [2.45, 2.75) is 25.4 Å². The molecule has 0 bridgehead atoms. The van der Waals surface area contributed by atoms with Gasteiger partial charge in [0, 0.05) is 0 Å². The Morgan fingerprint density at radius 3 is 2.39 bits per heavy atom. The van der Waals surface area contributed by atoms with Crippen LogP contribution in [-0.4, -0.2) is 54.3 Å². The van der Waals surface area contributed by atoms with Crippen molar-refractivity contribution in [2.75, 3.05) is 19.1 Å². The lowest BCUT2D eigenvalue weighted by atomic mass is 10.2. The van der Waals surface area contributed by atoms with Crippen LogP contribution in [0.1, 0.15) is 13.3 Å². The number of methoxy groups -OCH3 is 1. The predicted molar refractivity (Wildman–Crippen MR) is 67.6 cm³/mol. The molecule has 2 amide bonds. The predicted octanol–water partition coefficient (Wildman–Crippen LogP) is 0.0534. The highest BCUT2D eigenvalue weighted by atomic mass is 32.2. The number of hydrogen-bond donors (Lipinski definition) is 3. The SMILES string of the molecule is COC(=O)C(C)NC(=O)NC(CCSC)C(=O)O. The molecule has 0 aromatic heterocycles. The first-order valence-corrected chi connectivity index (χ1v) is 6.68. The van der Waals surface area contributed by atoms with E-state index in [0.717, 1.165) is 0 Å². The van der Waals surface area contributed by atoms with Crippen LogP contribution in [-0.2, 0) is 14.3 Å². The molecule has 7 nitrogen and oxygen atoms in total. The first-order valence-electron chi connectivity index (χ1n) is 5.29. The van der Waals surface area contributed by atoms with Gasteiger partial charge in [0.05, 0.1) is 7.11 Å². The van der Waals surface area contributed by atoms with Gasteiger partial charge in [0.1, 0.15) is 12.1 Å². The van der Waals surface area contributed by atoms with Crippen molar-refractivity contribution in [3.05, 3.63) is 0 Å². The number of ether oxygens (including phenoxy) is 1. The van der Waals surface area contributed by atoms with E-state index in [-0.39, 0.29) is 0 Å². The van der Waals surface area contributed by atoms with Crippen LogP contribution < -0.4 is 10.6 Å². The lowest BCUT2D eigenvalue weighted by Gasteiger charge is -2.16. The number of amides is 2. The average Bonchev–Trinajstić information content (AvgIpc) is 2.32. The first kappa shape index (κ1) is 16.6. The summed E-state index contributed by atoms with van der Waals surface area (Å²) in [6.45, 7) is 1.45. The van der Waals surface area contributed by atoms with Crippen LogP contribution in [0.25, 0.3) is 0 Å². The third-order valence-corrected chi connectivity index (χ3v) is 2.76. The summed E-state index contributed by atoms with van der Waals surface area (Å²) in [5, 5.41) is 13.5. The fraction of sp³-hybridized carbons (Fsp3) is 0.700. The summed E-state index contributed by atoms with van der Waals surface area (Å²) in [5.74, 6) is -1.09. The second-order valence-electron chi connectivity index (χ2n) is 3.53. The van der Waals surface area contributed by atoms with Crippen LogP contribution in [0, 0.1) is 0 Å². The maximum Gasteiger partial charge on any atom is 0.328 e. The largest absolute Gasteiger partial charge is 0.480 e. The molecule has 0 aliphatic rings. The maximum absolute atomic E-state index is 11.5. The molecule has 2 atom stereocenters.